The fourth-order valence-electron chi connectivity index (χ4n) is 1.32. The Hall–Kier alpha value is -2.44. The summed E-state index contributed by atoms with van der Waals surface area (Å²) < 4.78 is 17.5. The maximum Gasteiger partial charge on any atom is 0.408 e. The lowest BCUT2D eigenvalue weighted by molar-refractivity contribution is -0.139. The molecule has 1 heterocycles. The van der Waals surface area contributed by atoms with Crippen LogP contribution in [0, 0.1) is 5.95 Å². The number of aromatic nitrogens is 1. The van der Waals surface area contributed by atoms with Crippen LogP contribution in [0.25, 0.3) is 0 Å². The van der Waals surface area contributed by atoms with Gasteiger partial charge < -0.3 is 15.2 Å². The van der Waals surface area contributed by atoms with Gasteiger partial charge in [-0.3, -0.25) is 0 Å². The third-order valence-corrected chi connectivity index (χ3v) is 2.15. The molecular weight excluding hydrogens is 255 g/mol. The number of alkyl carbamates (subject to hydrolysis) is 1. The van der Waals surface area contributed by atoms with E-state index in [1.165, 1.54) is 18.3 Å². The minimum atomic E-state index is -1.24. The monoisotopic (exact) mass is 268 g/mol. The van der Waals surface area contributed by atoms with Gasteiger partial charge in [0.25, 0.3) is 0 Å². The summed E-state index contributed by atoms with van der Waals surface area (Å²) in [5.74, 6) is -1.95. The van der Waals surface area contributed by atoms with E-state index in [0.717, 1.165) is 6.07 Å². The predicted octanol–water partition coefficient (Wildman–Crippen LogP) is 1.13. The van der Waals surface area contributed by atoms with Gasteiger partial charge in [-0.05, 0) is 17.7 Å². The number of halogens is 1. The highest BCUT2D eigenvalue weighted by Gasteiger charge is 2.21. The van der Waals surface area contributed by atoms with Crippen LogP contribution in [0.15, 0.2) is 31.0 Å². The Labute approximate surface area is 108 Å². The predicted molar refractivity (Wildman–Crippen MR) is 64.0 cm³/mol. The number of carboxylic acid groups (broad SMARTS) is 1. The number of ether oxygens (including phenoxy) is 1. The highest BCUT2D eigenvalue weighted by atomic mass is 19.1. The van der Waals surface area contributed by atoms with E-state index < -0.39 is 24.1 Å². The topological polar surface area (TPSA) is 88.5 Å². The molecule has 0 saturated carbocycles. The largest absolute Gasteiger partial charge is 0.480 e. The van der Waals surface area contributed by atoms with Crippen molar-refractivity contribution in [3.63, 3.8) is 0 Å². The Balaban J connectivity index is 2.65. The molecule has 0 radical (unpaired) electrons. The van der Waals surface area contributed by atoms with Crippen LogP contribution in [0.4, 0.5) is 9.18 Å². The Morgan fingerprint density at radius 3 is 2.95 bits per heavy atom. The second-order valence-corrected chi connectivity index (χ2v) is 3.61. The third kappa shape index (κ3) is 5.15. The number of hydrogen-bond donors (Lipinski definition) is 2. The van der Waals surface area contributed by atoms with Crippen LogP contribution < -0.4 is 5.32 Å². The molecular formula is C12H13FN2O4. The Morgan fingerprint density at radius 1 is 1.63 bits per heavy atom. The lowest BCUT2D eigenvalue weighted by Crippen LogP contribution is -2.42. The summed E-state index contributed by atoms with van der Waals surface area (Å²) in [6.45, 7) is 3.33. The minimum absolute atomic E-state index is 0.0257. The van der Waals surface area contributed by atoms with Crippen LogP contribution in [0.5, 0.6) is 0 Å². The van der Waals surface area contributed by atoms with Crippen LogP contribution in [0.1, 0.15) is 5.56 Å². The van der Waals surface area contributed by atoms with E-state index in [2.05, 4.69) is 21.6 Å². The van der Waals surface area contributed by atoms with Crippen molar-refractivity contribution >= 4 is 12.1 Å². The van der Waals surface area contributed by atoms with Crippen molar-refractivity contribution < 1.29 is 23.8 Å². The van der Waals surface area contributed by atoms with Crippen molar-refractivity contribution in [1.29, 1.82) is 0 Å². The molecule has 0 aliphatic carbocycles. The standard InChI is InChI=1S/C12H13FN2O4/c1-2-5-19-12(18)15-9(11(16)17)6-8-3-4-14-10(13)7-8/h2-4,7,9H,1,5-6H2,(H,15,18)(H,16,17). The summed E-state index contributed by atoms with van der Waals surface area (Å²) in [6, 6.07) is 1.36. The first-order chi connectivity index (χ1) is 9.02. The number of pyridine rings is 1. The lowest BCUT2D eigenvalue weighted by atomic mass is 10.1. The van der Waals surface area contributed by atoms with E-state index in [9.17, 15) is 14.0 Å². The summed E-state index contributed by atoms with van der Waals surface area (Å²) in [4.78, 5) is 25.6. The van der Waals surface area contributed by atoms with Crippen LogP contribution >= 0.6 is 0 Å². The Bertz CT molecular complexity index is 479. The van der Waals surface area contributed by atoms with Crippen molar-refractivity contribution in [1.82, 2.24) is 10.3 Å². The van der Waals surface area contributed by atoms with Gasteiger partial charge in [-0.1, -0.05) is 12.7 Å². The van der Waals surface area contributed by atoms with Crippen LogP contribution in [-0.4, -0.2) is 34.8 Å². The fourth-order valence-corrected chi connectivity index (χ4v) is 1.32. The van der Waals surface area contributed by atoms with E-state index in [4.69, 9.17) is 5.11 Å². The molecule has 19 heavy (non-hydrogen) atoms. The van der Waals surface area contributed by atoms with E-state index >= 15 is 0 Å². The van der Waals surface area contributed by atoms with Gasteiger partial charge in [-0.15, -0.1) is 0 Å². The number of carbonyl (C=O) groups is 2. The average Bonchev–Trinajstić information content (AvgIpc) is 2.35. The van der Waals surface area contributed by atoms with Crippen LogP contribution in [0.2, 0.25) is 0 Å². The number of nitrogens with one attached hydrogen (secondary N) is 1. The third-order valence-electron chi connectivity index (χ3n) is 2.15. The molecule has 102 valence electrons. The van der Waals surface area contributed by atoms with Gasteiger partial charge >= 0.3 is 12.1 Å². The van der Waals surface area contributed by atoms with E-state index in [1.54, 1.807) is 0 Å². The maximum atomic E-state index is 12.9. The summed E-state index contributed by atoms with van der Waals surface area (Å²) in [5, 5.41) is 11.1. The van der Waals surface area contributed by atoms with E-state index in [1.807, 2.05) is 0 Å². The summed E-state index contributed by atoms with van der Waals surface area (Å²) in [7, 11) is 0. The van der Waals surface area contributed by atoms with Crippen molar-refractivity contribution in [2.45, 2.75) is 12.5 Å². The van der Waals surface area contributed by atoms with Gasteiger partial charge in [0.15, 0.2) is 0 Å². The zero-order valence-electron chi connectivity index (χ0n) is 10.0. The number of aliphatic carboxylic acids is 1. The van der Waals surface area contributed by atoms with Crippen molar-refractivity contribution in [3.8, 4) is 0 Å². The molecule has 7 heteroatoms. The zero-order chi connectivity index (χ0) is 14.3. The highest BCUT2D eigenvalue weighted by Crippen LogP contribution is 2.05. The van der Waals surface area contributed by atoms with Crippen LogP contribution in [-0.2, 0) is 16.0 Å². The molecule has 0 spiro atoms. The minimum Gasteiger partial charge on any atom is -0.480 e. The molecule has 6 nitrogen and oxygen atoms in total. The molecule has 1 atom stereocenters. The number of rotatable bonds is 6. The first-order valence-corrected chi connectivity index (χ1v) is 5.40. The van der Waals surface area contributed by atoms with Gasteiger partial charge in [-0.2, -0.15) is 4.39 Å². The number of carboxylic acids is 1. The van der Waals surface area contributed by atoms with Gasteiger partial charge in [0, 0.05) is 12.6 Å². The molecule has 1 unspecified atom stereocenters. The molecule has 0 fully saturated rings. The molecule has 0 aromatic carbocycles. The van der Waals surface area contributed by atoms with Crippen molar-refractivity contribution in [2.24, 2.45) is 0 Å². The highest BCUT2D eigenvalue weighted by molar-refractivity contribution is 5.80. The molecule has 0 bridgehead atoms. The van der Waals surface area contributed by atoms with Gasteiger partial charge in [-0.25, -0.2) is 14.6 Å². The molecule has 1 rings (SSSR count). The molecule has 2 N–H and O–H groups in total. The van der Waals surface area contributed by atoms with Gasteiger partial charge in [0.2, 0.25) is 5.95 Å². The first-order valence-electron chi connectivity index (χ1n) is 5.40. The van der Waals surface area contributed by atoms with Crippen molar-refractivity contribution in [2.75, 3.05) is 6.61 Å². The van der Waals surface area contributed by atoms with E-state index in [-0.39, 0.29) is 13.0 Å². The van der Waals surface area contributed by atoms with Crippen molar-refractivity contribution in [3.05, 3.63) is 42.5 Å². The summed E-state index contributed by atoms with van der Waals surface area (Å²) >= 11 is 0. The second kappa shape index (κ2) is 7.10. The average molecular weight is 268 g/mol. The molecule has 0 aliphatic rings. The number of amides is 1. The Kier molecular flexibility index (Phi) is 5.46. The summed E-state index contributed by atoms with van der Waals surface area (Å²) in [6.07, 6.45) is 1.63. The van der Waals surface area contributed by atoms with Crippen LogP contribution in [0.3, 0.4) is 0 Å². The van der Waals surface area contributed by atoms with Gasteiger partial charge in [0.05, 0.1) is 0 Å². The normalized spacial score (nSPS) is 11.4. The number of nitrogens with zero attached hydrogens (tertiary/aromatic N) is 1. The second-order valence-electron chi connectivity index (χ2n) is 3.61. The Morgan fingerprint density at radius 2 is 2.37 bits per heavy atom. The number of hydrogen-bond acceptors (Lipinski definition) is 4. The zero-order valence-corrected chi connectivity index (χ0v) is 10.0. The van der Waals surface area contributed by atoms with Gasteiger partial charge in [0.1, 0.15) is 12.6 Å². The maximum absolute atomic E-state index is 12.9. The lowest BCUT2D eigenvalue weighted by Gasteiger charge is -2.14. The molecule has 1 aromatic heterocycles. The quantitative estimate of drug-likeness (QED) is 0.596. The smallest absolute Gasteiger partial charge is 0.408 e. The number of carbonyl (C=O) groups excluding carboxylic acids is 1. The fraction of sp³-hybridized carbons (Fsp3) is 0.250. The van der Waals surface area contributed by atoms with E-state index in [0.29, 0.717) is 5.56 Å². The first kappa shape index (κ1) is 14.6. The SMILES string of the molecule is C=CCOC(=O)NC(Cc1ccnc(F)c1)C(=O)O. The molecule has 0 saturated heterocycles. The molecule has 1 aromatic rings. The molecule has 1 amide bonds. The molecule has 0 aliphatic heterocycles. The summed E-state index contributed by atoms with van der Waals surface area (Å²) in [5.41, 5.74) is 0.406.